The van der Waals surface area contributed by atoms with E-state index >= 15 is 0 Å². The van der Waals surface area contributed by atoms with Gasteiger partial charge in [0.05, 0.1) is 16.3 Å². The van der Waals surface area contributed by atoms with E-state index in [1.54, 1.807) is 18.2 Å². The van der Waals surface area contributed by atoms with Crippen molar-refractivity contribution in [2.75, 3.05) is 30.7 Å². The lowest BCUT2D eigenvalue weighted by Gasteiger charge is -2.15. The summed E-state index contributed by atoms with van der Waals surface area (Å²) in [5.74, 6) is 0.246. The Balaban J connectivity index is 1.90. The predicted molar refractivity (Wildman–Crippen MR) is 74.6 cm³/mol. The van der Waals surface area contributed by atoms with Crippen LogP contribution in [-0.4, -0.2) is 38.1 Å². The van der Waals surface area contributed by atoms with E-state index in [1.165, 1.54) is 4.31 Å². The Morgan fingerprint density at radius 3 is 2.84 bits per heavy atom. The number of nitrogens with one attached hydrogen (secondary N) is 1. The van der Waals surface area contributed by atoms with Crippen LogP contribution >= 0.6 is 11.6 Å². The highest BCUT2D eigenvalue weighted by molar-refractivity contribution is 7.89. The van der Waals surface area contributed by atoms with Gasteiger partial charge in [0.25, 0.3) is 0 Å². The maximum atomic E-state index is 11.6. The zero-order chi connectivity index (χ0) is 13.9. The number of nitrogens with zero attached hydrogens (tertiary/aromatic N) is 2. The molecule has 0 aromatic heterocycles. The summed E-state index contributed by atoms with van der Waals surface area (Å²) in [6, 6.07) is 7.04. The van der Waals surface area contributed by atoms with Gasteiger partial charge in [-0.05, 0) is 24.6 Å². The quantitative estimate of drug-likeness (QED) is 0.917. The van der Waals surface area contributed by atoms with Crippen molar-refractivity contribution < 1.29 is 8.42 Å². The minimum absolute atomic E-state index is 0.246. The molecule has 0 unspecified atom stereocenters. The Kier molecular flexibility index (Phi) is 4.30. The molecular weight excluding hydrogens is 286 g/mol. The van der Waals surface area contributed by atoms with Crippen molar-refractivity contribution in [2.45, 2.75) is 6.42 Å². The normalized spacial score (nSPS) is 18.1. The number of nitriles is 1. The van der Waals surface area contributed by atoms with Crippen LogP contribution in [0, 0.1) is 11.3 Å². The summed E-state index contributed by atoms with van der Waals surface area (Å²) in [6.07, 6.45) is 0.699. The van der Waals surface area contributed by atoms with Gasteiger partial charge in [-0.1, -0.05) is 11.6 Å². The Morgan fingerprint density at radius 2 is 2.26 bits per heavy atom. The Labute approximate surface area is 117 Å². The van der Waals surface area contributed by atoms with E-state index in [0.29, 0.717) is 36.6 Å². The molecule has 1 aromatic carbocycles. The first-order valence-corrected chi connectivity index (χ1v) is 7.93. The number of benzene rings is 1. The molecular formula is C12H14ClN3O2S. The van der Waals surface area contributed by atoms with E-state index in [2.05, 4.69) is 5.32 Å². The van der Waals surface area contributed by atoms with Crippen LogP contribution in [0.15, 0.2) is 18.2 Å². The monoisotopic (exact) mass is 299 g/mol. The van der Waals surface area contributed by atoms with Crippen LogP contribution in [0.3, 0.4) is 0 Å². The van der Waals surface area contributed by atoms with E-state index in [0.717, 1.165) is 5.69 Å². The fourth-order valence-electron chi connectivity index (χ4n) is 1.98. The maximum Gasteiger partial charge on any atom is 0.214 e. The molecule has 1 heterocycles. The number of halogens is 1. The van der Waals surface area contributed by atoms with Gasteiger partial charge >= 0.3 is 0 Å². The predicted octanol–water partition coefficient (Wildman–Crippen LogP) is 1.66. The molecule has 1 saturated heterocycles. The van der Waals surface area contributed by atoms with Crippen LogP contribution in [-0.2, 0) is 10.0 Å². The molecule has 0 saturated carbocycles. The molecule has 1 fully saturated rings. The zero-order valence-electron chi connectivity index (χ0n) is 10.3. The number of hydrogen-bond donors (Lipinski definition) is 1. The van der Waals surface area contributed by atoms with E-state index in [9.17, 15) is 8.42 Å². The van der Waals surface area contributed by atoms with Gasteiger partial charge in [0.2, 0.25) is 10.0 Å². The van der Waals surface area contributed by atoms with Gasteiger partial charge < -0.3 is 5.32 Å². The molecule has 1 N–H and O–H groups in total. The molecule has 0 radical (unpaired) electrons. The van der Waals surface area contributed by atoms with Crippen molar-refractivity contribution in [1.82, 2.24) is 4.31 Å². The van der Waals surface area contributed by atoms with Gasteiger partial charge in [0, 0.05) is 25.3 Å². The van der Waals surface area contributed by atoms with Gasteiger partial charge in [-0.3, -0.25) is 0 Å². The van der Waals surface area contributed by atoms with Crippen molar-refractivity contribution in [3.63, 3.8) is 0 Å². The summed E-state index contributed by atoms with van der Waals surface area (Å²) in [5, 5.41) is 12.2. The fraction of sp³-hybridized carbons (Fsp3) is 0.417. The lowest BCUT2D eigenvalue weighted by atomic mass is 10.2. The lowest BCUT2D eigenvalue weighted by molar-refractivity contribution is 0.456. The average molecular weight is 300 g/mol. The third kappa shape index (κ3) is 3.38. The summed E-state index contributed by atoms with van der Waals surface area (Å²) < 4.78 is 24.7. The molecule has 0 bridgehead atoms. The largest absolute Gasteiger partial charge is 0.384 e. The second kappa shape index (κ2) is 5.78. The van der Waals surface area contributed by atoms with Gasteiger partial charge in [-0.15, -0.1) is 0 Å². The first-order chi connectivity index (χ1) is 9.03. The smallest absolute Gasteiger partial charge is 0.214 e. The second-order valence-corrected chi connectivity index (χ2v) is 6.80. The van der Waals surface area contributed by atoms with Crippen molar-refractivity contribution in [3.05, 3.63) is 28.8 Å². The molecule has 0 aliphatic carbocycles. The van der Waals surface area contributed by atoms with Gasteiger partial charge in [0.1, 0.15) is 6.07 Å². The van der Waals surface area contributed by atoms with Crippen LogP contribution in [0.2, 0.25) is 5.02 Å². The third-order valence-corrected chi connectivity index (χ3v) is 5.25. The van der Waals surface area contributed by atoms with Crippen LogP contribution in [0.4, 0.5) is 5.69 Å². The van der Waals surface area contributed by atoms with Crippen LogP contribution in [0.5, 0.6) is 0 Å². The topological polar surface area (TPSA) is 73.2 Å². The Hall–Kier alpha value is -1.29. The summed E-state index contributed by atoms with van der Waals surface area (Å²) >= 11 is 5.91. The number of anilines is 1. The maximum absolute atomic E-state index is 11.6. The van der Waals surface area contributed by atoms with E-state index in [-0.39, 0.29) is 5.75 Å². The van der Waals surface area contributed by atoms with Crippen LogP contribution in [0.25, 0.3) is 0 Å². The van der Waals surface area contributed by atoms with Crippen molar-refractivity contribution in [2.24, 2.45) is 0 Å². The highest BCUT2D eigenvalue weighted by Crippen LogP contribution is 2.20. The molecule has 0 atom stereocenters. The van der Waals surface area contributed by atoms with Crippen LogP contribution < -0.4 is 5.32 Å². The molecule has 5 nitrogen and oxygen atoms in total. The number of hydrogen-bond acceptors (Lipinski definition) is 4. The second-order valence-electron chi connectivity index (χ2n) is 4.30. The lowest BCUT2D eigenvalue weighted by Crippen LogP contribution is -2.30. The Morgan fingerprint density at radius 1 is 1.47 bits per heavy atom. The highest BCUT2D eigenvalue weighted by Gasteiger charge is 2.27. The first-order valence-electron chi connectivity index (χ1n) is 5.94. The van der Waals surface area contributed by atoms with Gasteiger partial charge in [-0.25, -0.2) is 12.7 Å². The van der Waals surface area contributed by atoms with Gasteiger partial charge in [-0.2, -0.15) is 5.26 Å². The molecule has 102 valence electrons. The van der Waals surface area contributed by atoms with E-state index in [4.69, 9.17) is 16.9 Å². The highest BCUT2D eigenvalue weighted by atomic mass is 35.5. The van der Waals surface area contributed by atoms with Crippen molar-refractivity contribution >= 4 is 27.3 Å². The molecule has 1 aliphatic heterocycles. The molecule has 2 rings (SSSR count). The summed E-state index contributed by atoms with van der Waals surface area (Å²) in [4.78, 5) is 0. The molecule has 0 spiro atoms. The zero-order valence-corrected chi connectivity index (χ0v) is 11.8. The summed E-state index contributed by atoms with van der Waals surface area (Å²) in [5.41, 5.74) is 1.20. The molecule has 1 aliphatic rings. The standard InChI is InChI=1S/C12H14ClN3O2S/c13-12-8-11(3-2-10(12)9-14)15-4-6-16-5-1-7-19(16,17)18/h2-3,8,15H,1,4-7H2. The molecule has 19 heavy (non-hydrogen) atoms. The van der Waals surface area contributed by atoms with E-state index < -0.39 is 10.0 Å². The number of rotatable bonds is 4. The van der Waals surface area contributed by atoms with Crippen molar-refractivity contribution in [3.8, 4) is 6.07 Å². The van der Waals surface area contributed by atoms with Crippen molar-refractivity contribution in [1.29, 1.82) is 5.26 Å². The SMILES string of the molecule is N#Cc1ccc(NCCN2CCCS2(=O)=O)cc1Cl. The average Bonchev–Trinajstić information content (AvgIpc) is 2.69. The summed E-state index contributed by atoms with van der Waals surface area (Å²) in [7, 11) is -3.04. The fourth-order valence-corrected chi connectivity index (χ4v) is 3.73. The molecule has 7 heteroatoms. The third-order valence-electron chi connectivity index (χ3n) is 2.98. The minimum atomic E-state index is -3.04. The minimum Gasteiger partial charge on any atom is -0.384 e. The van der Waals surface area contributed by atoms with E-state index in [1.807, 2.05) is 6.07 Å². The van der Waals surface area contributed by atoms with Crippen LogP contribution in [0.1, 0.15) is 12.0 Å². The first kappa shape index (κ1) is 14.1. The summed E-state index contributed by atoms with van der Waals surface area (Å²) in [6.45, 7) is 1.56. The Bertz CT molecular complexity index is 610. The number of sulfonamides is 1. The molecule has 0 amide bonds. The van der Waals surface area contributed by atoms with Gasteiger partial charge in [0.15, 0.2) is 0 Å². The molecule has 1 aromatic rings.